The summed E-state index contributed by atoms with van der Waals surface area (Å²) < 4.78 is 6.33. The zero-order chi connectivity index (χ0) is 11.4. The van der Waals surface area contributed by atoms with E-state index in [9.17, 15) is 0 Å². The molecule has 1 aromatic rings. The van der Waals surface area contributed by atoms with Crippen molar-refractivity contribution in [2.45, 2.75) is 25.3 Å². The quantitative estimate of drug-likeness (QED) is 0.928. The van der Waals surface area contributed by atoms with Crippen molar-refractivity contribution in [2.75, 3.05) is 13.2 Å². The summed E-state index contributed by atoms with van der Waals surface area (Å²) in [7, 11) is 0. The molecule has 0 amide bonds. The van der Waals surface area contributed by atoms with Gasteiger partial charge in [0.15, 0.2) is 0 Å². The Morgan fingerprint density at radius 1 is 1.44 bits per heavy atom. The molecule has 1 fully saturated rings. The summed E-state index contributed by atoms with van der Waals surface area (Å²) in [5.41, 5.74) is 7.14. The highest BCUT2D eigenvalue weighted by Gasteiger charge is 2.18. The van der Waals surface area contributed by atoms with Crippen LogP contribution >= 0.6 is 15.9 Å². The summed E-state index contributed by atoms with van der Waals surface area (Å²) in [6.45, 7) is 1.76. The van der Waals surface area contributed by atoms with Crippen molar-refractivity contribution in [3.8, 4) is 0 Å². The van der Waals surface area contributed by atoms with Crippen molar-refractivity contribution >= 4 is 15.9 Å². The number of hydrogen-bond acceptors (Lipinski definition) is 3. The van der Waals surface area contributed by atoms with Gasteiger partial charge in [0, 0.05) is 29.9 Å². The molecule has 1 atom stereocenters. The summed E-state index contributed by atoms with van der Waals surface area (Å²) in [5.74, 6) is 0.689. The van der Waals surface area contributed by atoms with Crippen LogP contribution in [0, 0.1) is 5.92 Å². The molecule has 2 N–H and O–H groups in total. The van der Waals surface area contributed by atoms with Gasteiger partial charge in [-0.3, -0.25) is 4.98 Å². The maximum atomic E-state index is 6.16. The topological polar surface area (TPSA) is 48.1 Å². The monoisotopic (exact) mass is 284 g/mol. The van der Waals surface area contributed by atoms with Crippen LogP contribution in [0.4, 0.5) is 0 Å². The van der Waals surface area contributed by atoms with Gasteiger partial charge in [-0.25, -0.2) is 0 Å². The van der Waals surface area contributed by atoms with Crippen molar-refractivity contribution in [2.24, 2.45) is 11.7 Å². The SMILES string of the molecule is NC(CC1CCOCC1)c1ccc(Br)cn1. The van der Waals surface area contributed by atoms with Crippen molar-refractivity contribution in [3.63, 3.8) is 0 Å². The zero-order valence-electron chi connectivity index (χ0n) is 9.23. The third-order valence-corrected chi connectivity index (χ3v) is 3.53. The number of nitrogens with zero attached hydrogens (tertiary/aromatic N) is 1. The van der Waals surface area contributed by atoms with Gasteiger partial charge in [0.05, 0.1) is 5.69 Å². The summed E-state index contributed by atoms with van der Waals surface area (Å²) >= 11 is 3.37. The van der Waals surface area contributed by atoms with E-state index >= 15 is 0 Å². The number of ether oxygens (including phenoxy) is 1. The molecule has 1 saturated heterocycles. The molecule has 0 radical (unpaired) electrons. The Hall–Kier alpha value is -0.450. The minimum absolute atomic E-state index is 0.0520. The molecule has 2 rings (SSSR count). The van der Waals surface area contributed by atoms with Crippen molar-refractivity contribution in [3.05, 3.63) is 28.5 Å². The first-order chi connectivity index (χ1) is 7.75. The lowest BCUT2D eigenvalue weighted by atomic mass is 9.91. The van der Waals surface area contributed by atoms with Crippen LogP contribution in [0.15, 0.2) is 22.8 Å². The van der Waals surface area contributed by atoms with Gasteiger partial charge in [0.2, 0.25) is 0 Å². The van der Waals surface area contributed by atoms with E-state index in [0.717, 1.165) is 42.6 Å². The largest absolute Gasteiger partial charge is 0.381 e. The van der Waals surface area contributed by atoms with Crippen LogP contribution in [0.5, 0.6) is 0 Å². The van der Waals surface area contributed by atoms with E-state index in [1.54, 1.807) is 6.20 Å². The second kappa shape index (κ2) is 5.75. The molecule has 0 spiro atoms. The highest BCUT2D eigenvalue weighted by Crippen LogP contribution is 2.25. The lowest BCUT2D eigenvalue weighted by Gasteiger charge is -2.24. The summed E-state index contributed by atoms with van der Waals surface area (Å²) in [6, 6.07) is 4.04. The second-order valence-corrected chi connectivity index (χ2v) is 5.21. The fraction of sp³-hybridized carbons (Fsp3) is 0.583. The van der Waals surface area contributed by atoms with Crippen LogP contribution in [0.25, 0.3) is 0 Å². The molecule has 3 nitrogen and oxygen atoms in total. The Bertz CT molecular complexity index is 322. The maximum Gasteiger partial charge on any atom is 0.0571 e. The Morgan fingerprint density at radius 2 is 2.19 bits per heavy atom. The number of aromatic nitrogens is 1. The fourth-order valence-corrected chi connectivity index (χ4v) is 2.30. The van der Waals surface area contributed by atoms with Crippen molar-refractivity contribution in [1.82, 2.24) is 4.98 Å². The average molecular weight is 285 g/mol. The number of pyridine rings is 1. The van der Waals surface area contributed by atoms with E-state index in [0.29, 0.717) is 5.92 Å². The molecular formula is C12H17BrN2O. The molecule has 0 saturated carbocycles. The third-order valence-electron chi connectivity index (χ3n) is 3.06. The van der Waals surface area contributed by atoms with E-state index in [4.69, 9.17) is 10.5 Å². The first-order valence-corrected chi connectivity index (χ1v) is 6.50. The zero-order valence-corrected chi connectivity index (χ0v) is 10.8. The van der Waals surface area contributed by atoms with Crippen LogP contribution < -0.4 is 5.73 Å². The molecule has 16 heavy (non-hydrogen) atoms. The Kier molecular flexibility index (Phi) is 4.32. The van der Waals surface area contributed by atoms with E-state index in [1.165, 1.54) is 0 Å². The molecule has 1 aromatic heterocycles. The van der Waals surface area contributed by atoms with Crippen LogP contribution in [0.2, 0.25) is 0 Å². The smallest absolute Gasteiger partial charge is 0.0571 e. The molecule has 0 aromatic carbocycles. The standard InChI is InChI=1S/C12H17BrN2O/c13-10-1-2-12(15-8-10)11(14)7-9-3-5-16-6-4-9/h1-2,8-9,11H,3-7,14H2. The van der Waals surface area contributed by atoms with Gasteiger partial charge in [0.25, 0.3) is 0 Å². The minimum atomic E-state index is 0.0520. The second-order valence-electron chi connectivity index (χ2n) is 4.30. The lowest BCUT2D eigenvalue weighted by molar-refractivity contribution is 0.0617. The number of hydrogen-bond donors (Lipinski definition) is 1. The predicted octanol–water partition coefficient (Wildman–Crippen LogP) is 2.66. The minimum Gasteiger partial charge on any atom is -0.381 e. The van der Waals surface area contributed by atoms with Crippen LogP contribution in [-0.4, -0.2) is 18.2 Å². The Labute approximate surface area is 105 Å². The summed E-state index contributed by atoms with van der Waals surface area (Å²) in [4.78, 5) is 4.34. The highest BCUT2D eigenvalue weighted by atomic mass is 79.9. The number of halogens is 1. The molecule has 2 heterocycles. The first-order valence-electron chi connectivity index (χ1n) is 5.70. The van der Waals surface area contributed by atoms with E-state index in [2.05, 4.69) is 20.9 Å². The van der Waals surface area contributed by atoms with Gasteiger partial charge in [-0.15, -0.1) is 0 Å². The van der Waals surface area contributed by atoms with Crippen LogP contribution in [0.1, 0.15) is 31.0 Å². The summed E-state index contributed by atoms with van der Waals surface area (Å²) in [6.07, 6.45) is 5.08. The molecule has 0 bridgehead atoms. The third kappa shape index (κ3) is 3.27. The molecule has 88 valence electrons. The fourth-order valence-electron chi connectivity index (χ4n) is 2.07. The molecular weight excluding hydrogens is 268 g/mol. The van der Waals surface area contributed by atoms with Gasteiger partial charge in [-0.05, 0) is 53.2 Å². The first kappa shape index (κ1) is 12.0. The Balaban J connectivity index is 1.91. The van der Waals surface area contributed by atoms with Gasteiger partial charge in [0.1, 0.15) is 0 Å². The molecule has 0 aliphatic carbocycles. The Morgan fingerprint density at radius 3 is 2.81 bits per heavy atom. The van der Waals surface area contributed by atoms with Gasteiger partial charge < -0.3 is 10.5 Å². The number of nitrogens with two attached hydrogens (primary N) is 1. The lowest BCUT2D eigenvalue weighted by Crippen LogP contribution is -2.22. The van der Waals surface area contributed by atoms with E-state index < -0.39 is 0 Å². The number of rotatable bonds is 3. The van der Waals surface area contributed by atoms with Crippen LogP contribution in [0.3, 0.4) is 0 Å². The highest BCUT2D eigenvalue weighted by molar-refractivity contribution is 9.10. The van der Waals surface area contributed by atoms with Gasteiger partial charge >= 0.3 is 0 Å². The van der Waals surface area contributed by atoms with Gasteiger partial charge in [-0.2, -0.15) is 0 Å². The van der Waals surface area contributed by atoms with E-state index in [-0.39, 0.29) is 6.04 Å². The van der Waals surface area contributed by atoms with E-state index in [1.807, 2.05) is 12.1 Å². The van der Waals surface area contributed by atoms with Crippen molar-refractivity contribution in [1.29, 1.82) is 0 Å². The average Bonchev–Trinajstić information content (AvgIpc) is 2.31. The molecule has 1 aliphatic rings. The normalized spacial score (nSPS) is 19.6. The summed E-state index contributed by atoms with van der Waals surface area (Å²) in [5, 5.41) is 0. The van der Waals surface area contributed by atoms with Crippen LogP contribution in [-0.2, 0) is 4.74 Å². The maximum absolute atomic E-state index is 6.16. The van der Waals surface area contributed by atoms with Crippen molar-refractivity contribution < 1.29 is 4.74 Å². The predicted molar refractivity (Wildman–Crippen MR) is 67.0 cm³/mol. The van der Waals surface area contributed by atoms with Gasteiger partial charge in [-0.1, -0.05) is 0 Å². The molecule has 1 aliphatic heterocycles. The molecule has 1 unspecified atom stereocenters. The molecule has 4 heteroatoms.